The number of methoxy groups -OCH3 is 1. The summed E-state index contributed by atoms with van der Waals surface area (Å²) >= 11 is 5.89. The minimum absolute atomic E-state index is 0.212. The van der Waals surface area contributed by atoms with Crippen LogP contribution in [-0.2, 0) is 13.6 Å². The Morgan fingerprint density at radius 1 is 1.21 bits per heavy atom. The van der Waals surface area contributed by atoms with Crippen molar-refractivity contribution < 1.29 is 9.53 Å². The van der Waals surface area contributed by atoms with E-state index in [-0.39, 0.29) is 5.91 Å². The molecule has 0 aliphatic carbocycles. The van der Waals surface area contributed by atoms with E-state index in [0.29, 0.717) is 34.0 Å². The molecule has 1 N–H and O–H groups in total. The summed E-state index contributed by atoms with van der Waals surface area (Å²) in [4.78, 5) is 21.7. The maximum Gasteiger partial charge on any atom is 0.252 e. The molecule has 0 spiro atoms. The second-order valence-electron chi connectivity index (χ2n) is 6.46. The molecule has 0 unspecified atom stereocenters. The van der Waals surface area contributed by atoms with E-state index in [1.807, 2.05) is 30.3 Å². The zero-order valence-corrected chi connectivity index (χ0v) is 16.6. The maximum absolute atomic E-state index is 13.0. The van der Waals surface area contributed by atoms with Gasteiger partial charge in [0.15, 0.2) is 5.65 Å². The zero-order valence-electron chi connectivity index (χ0n) is 15.9. The van der Waals surface area contributed by atoms with Crippen LogP contribution in [0.25, 0.3) is 22.3 Å². The van der Waals surface area contributed by atoms with Crippen LogP contribution in [0.3, 0.4) is 0 Å². The molecule has 7 nitrogen and oxygen atoms in total. The lowest BCUT2D eigenvalue weighted by Gasteiger charge is -2.10. The first kappa shape index (κ1) is 18.9. The van der Waals surface area contributed by atoms with Crippen molar-refractivity contribution in [3.8, 4) is 17.0 Å². The van der Waals surface area contributed by atoms with Crippen LogP contribution in [-0.4, -0.2) is 32.8 Å². The fraction of sp³-hybridized carbons (Fsp3) is 0.143. The Kier molecular flexibility index (Phi) is 5.14. The molecule has 8 heteroatoms. The van der Waals surface area contributed by atoms with Gasteiger partial charge >= 0.3 is 0 Å². The summed E-state index contributed by atoms with van der Waals surface area (Å²) in [5.74, 6) is 0.532. The Balaban J connectivity index is 1.68. The molecule has 1 aromatic carbocycles. The Morgan fingerprint density at radius 3 is 2.83 bits per heavy atom. The smallest absolute Gasteiger partial charge is 0.252 e. The van der Waals surface area contributed by atoms with Crippen LogP contribution in [0.5, 0.6) is 5.75 Å². The summed E-state index contributed by atoms with van der Waals surface area (Å²) in [6, 6.07) is 12.8. The SMILES string of the molecule is COc1cccc(CNC(=O)c2cc(-c3ccc(Cl)nc3)nc3c2cnn3C)c1. The quantitative estimate of drug-likeness (QED) is 0.511. The molecule has 3 heterocycles. The number of nitrogens with zero attached hydrogens (tertiary/aromatic N) is 4. The normalized spacial score (nSPS) is 10.9. The third-order valence-electron chi connectivity index (χ3n) is 4.56. The zero-order chi connectivity index (χ0) is 20.4. The van der Waals surface area contributed by atoms with Crippen LogP contribution in [0.15, 0.2) is 54.9 Å². The first-order valence-electron chi connectivity index (χ1n) is 8.91. The van der Waals surface area contributed by atoms with Gasteiger partial charge in [-0.25, -0.2) is 9.97 Å². The van der Waals surface area contributed by atoms with Gasteiger partial charge < -0.3 is 10.1 Å². The standard InChI is InChI=1S/C21H18ClN5O2/c1-27-20-17(12-25-27)16(9-18(26-20)14-6-7-19(22)23-11-14)21(28)24-10-13-4-3-5-15(8-13)29-2/h3-9,11-12H,10H2,1-2H3,(H,24,28). The predicted molar refractivity (Wildman–Crippen MR) is 111 cm³/mol. The van der Waals surface area contributed by atoms with E-state index in [9.17, 15) is 4.79 Å². The van der Waals surface area contributed by atoms with E-state index in [2.05, 4.69) is 20.4 Å². The molecule has 0 aliphatic rings. The van der Waals surface area contributed by atoms with Crippen LogP contribution in [0.4, 0.5) is 0 Å². The minimum Gasteiger partial charge on any atom is -0.497 e. The number of rotatable bonds is 5. The Hall–Kier alpha value is -3.45. The number of pyridine rings is 2. The number of ether oxygens (including phenoxy) is 1. The van der Waals surface area contributed by atoms with Crippen molar-refractivity contribution in [2.24, 2.45) is 7.05 Å². The number of halogens is 1. The van der Waals surface area contributed by atoms with Crippen molar-refractivity contribution in [1.29, 1.82) is 0 Å². The summed E-state index contributed by atoms with van der Waals surface area (Å²) < 4.78 is 6.87. The van der Waals surface area contributed by atoms with Gasteiger partial charge in [0, 0.05) is 25.4 Å². The van der Waals surface area contributed by atoms with Gasteiger partial charge in [-0.1, -0.05) is 23.7 Å². The number of fused-ring (bicyclic) bond motifs is 1. The molecule has 0 radical (unpaired) electrons. The van der Waals surface area contributed by atoms with Gasteiger partial charge in [-0.2, -0.15) is 5.10 Å². The van der Waals surface area contributed by atoms with Crippen molar-refractivity contribution in [1.82, 2.24) is 25.1 Å². The van der Waals surface area contributed by atoms with Gasteiger partial charge in [0.25, 0.3) is 5.91 Å². The van der Waals surface area contributed by atoms with E-state index >= 15 is 0 Å². The number of aryl methyl sites for hydroxylation is 1. The van der Waals surface area contributed by atoms with Gasteiger partial charge in [-0.05, 0) is 35.9 Å². The van der Waals surface area contributed by atoms with Gasteiger partial charge in [0.1, 0.15) is 10.9 Å². The molecule has 1 amide bonds. The summed E-state index contributed by atoms with van der Waals surface area (Å²) in [6.45, 7) is 0.373. The van der Waals surface area contributed by atoms with Crippen molar-refractivity contribution in [3.63, 3.8) is 0 Å². The second-order valence-corrected chi connectivity index (χ2v) is 6.85. The van der Waals surface area contributed by atoms with Crippen LogP contribution in [0.2, 0.25) is 5.15 Å². The molecule has 0 aliphatic heterocycles. The lowest BCUT2D eigenvalue weighted by atomic mass is 10.1. The molecule has 3 aromatic heterocycles. The number of nitrogens with one attached hydrogen (secondary N) is 1. The average Bonchev–Trinajstić information content (AvgIpc) is 3.13. The highest BCUT2D eigenvalue weighted by Crippen LogP contribution is 2.25. The Morgan fingerprint density at radius 2 is 2.07 bits per heavy atom. The molecular weight excluding hydrogens is 390 g/mol. The lowest BCUT2D eigenvalue weighted by molar-refractivity contribution is 0.0952. The number of aromatic nitrogens is 4. The number of carbonyl (C=O) groups is 1. The van der Waals surface area contributed by atoms with Crippen molar-refractivity contribution >= 4 is 28.5 Å². The lowest BCUT2D eigenvalue weighted by Crippen LogP contribution is -2.23. The summed E-state index contributed by atoms with van der Waals surface area (Å²) in [5.41, 5.74) is 3.44. The third kappa shape index (κ3) is 3.90. The van der Waals surface area contributed by atoms with Crippen molar-refractivity contribution in [2.45, 2.75) is 6.54 Å². The van der Waals surface area contributed by atoms with Gasteiger partial charge in [-0.3, -0.25) is 9.48 Å². The van der Waals surface area contributed by atoms with E-state index in [1.165, 1.54) is 0 Å². The Bertz CT molecular complexity index is 1190. The number of carbonyl (C=O) groups excluding carboxylic acids is 1. The molecule has 4 aromatic rings. The summed E-state index contributed by atoms with van der Waals surface area (Å²) in [7, 11) is 3.40. The van der Waals surface area contributed by atoms with Crippen LogP contribution < -0.4 is 10.1 Å². The average molecular weight is 408 g/mol. The monoisotopic (exact) mass is 407 g/mol. The fourth-order valence-corrected chi connectivity index (χ4v) is 3.15. The van der Waals surface area contributed by atoms with Gasteiger partial charge in [-0.15, -0.1) is 0 Å². The van der Waals surface area contributed by atoms with Crippen LogP contribution in [0, 0.1) is 0 Å². The number of amides is 1. The highest BCUT2D eigenvalue weighted by Gasteiger charge is 2.17. The molecule has 0 saturated carbocycles. The van der Waals surface area contributed by atoms with Crippen LogP contribution in [0.1, 0.15) is 15.9 Å². The third-order valence-corrected chi connectivity index (χ3v) is 4.78. The molecule has 4 rings (SSSR count). The fourth-order valence-electron chi connectivity index (χ4n) is 3.04. The minimum atomic E-state index is -0.212. The Labute approximate surface area is 172 Å². The highest BCUT2D eigenvalue weighted by atomic mass is 35.5. The maximum atomic E-state index is 13.0. The highest BCUT2D eigenvalue weighted by molar-refractivity contribution is 6.29. The molecule has 0 saturated heterocycles. The topological polar surface area (TPSA) is 81.9 Å². The number of hydrogen-bond donors (Lipinski definition) is 1. The molecule has 0 atom stereocenters. The van der Waals surface area contributed by atoms with Crippen LogP contribution >= 0.6 is 11.6 Å². The molecule has 0 fully saturated rings. The molecular formula is C21H18ClN5O2. The molecule has 146 valence electrons. The van der Waals surface area contributed by atoms with Crippen molar-refractivity contribution in [2.75, 3.05) is 7.11 Å². The first-order valence-corrected chi connectivity index (χ1v) is 9.29. The second kappa shape index (κ2) is 7.89. The molecule has 29 heavy (non-hydrogen) atoms. The van der Waals surface area contributed by atoms with E-state index in [1.54, 1.807) is 43.4 Å². The van der Waals surface area contributed by atoms with Gasteiger partial charge in [0.05, 0.1) is 30.0 Å². The number of benzene rings is 1. The van der Waals surface area contributed by atoms with E-state index < -0.39 is 0 Å². The first-order chi connectivity index (χ1) is 14.0. The predicted octanol–water partition coefficient (Wildman–Crippen LogP) is 3.62. The summed E-state index contributed by atoms with van der Waals surface area (Å²) in [6.07, 6.45) is 3.28. The van der Waals surface area contributed by atoms with E-state index in [0.717, 1.165) is 16.9 Å². The summed E-state index contributed by atoms with van der Waals surface area (Å²) in [5, 5.41) is 8.29. The number of hydrogen-bond acceptors (Lipinski definition) is 5. The van der Waals surface area contributed by atoms with E-state index in [4.69, 9.17) is 16.3 Å². The van der Waals surface area contributed by atoms with Gasteiger partial charge in [0.2, 0.25) is 0 Å². The van der Waals surface area contributed by atoms with Crippen molar-refractivity contribution in [3.05, 3.63) is 71.1 Å². The molecule has 0 bridgehead atoms. The largest absolute Gasteiger partial charge is 0.497 e.